The average Bonchev–Trinajstić information content (AvgIpc) is 2.90. The molecule has 1 unspecified atom stereocenters. The van der Waals surface area contributed by atoms with E-state index in [2.05, 4.69) is 9.62 Å². The van der Waals surface area contributed by atoms with Crippen molar-refractivity contribution in [3.63, 3.8) is 0 Å². The lowest BCUT2D eigenvalue weighted by molar-refractivity contribution is 0.260. The molecule has 1 aliphatic heterocycles. The van der Waals surface area contributed by atoms with E-state index in [-0.39, 0.29) is 10.9 Å². The third kappa shape index (κ3) is 3.75. The van der Waals surface area contributed by atoms with Gasteiger partial charge in [-0.2, -0.15) is 0 Å². The first-order valence-electron chi connectivity index (χ1n) is 6.48. The van der Waals surface area contributed by atoms with Crippen molar-refractivity contribution in [2.45, 2.75) is 30.7 Å². The summed E-state index contributed by atoms with van der Waals surface area (Å²) in [5.41, 5.74) is 0. The zero-order valence-corrected chi connectivity index (χ0v) is 11.8. The summed E-state index contributed by atoms with van der Waals surface area (Å²) in [6.45, 7) is 4.44. The van der Waals surface area contributed by atoms with Gasteiger partial charge in [-0.15, -0.1) is 0 Å². The predicted octanol–water partition coefficient (Wildman–Crippen LogP) is 1.59. The van der Waals surface area contributed by atoms with Crippen LogP contribution in [-0.4, -0.2) is 39.0 Å². The Morgan fingerprint density at radius 3 is 2.42 bits per heavy atom. The zero-order valence-electron chi connectivity index (χ0n) is 11.0. The number of hydrogen-bond donors (Lipinski definition) is 1. The largest absolute Gasteiger partial charge is 0.299 e. The van der Waals surface area contributed by atoms with Gasteiger partial charge in [0.25, 0.3) is 0 Å². The van der Waals surface area contributed by atoms with Crippen LogP contribution < -0.4 is 4.72 Å². The first kappa shape index (κ1) is 14.4. The molecule has 1 heterocycles. The van der Waals surface area contributed by atoms with Crippen LogP contribution in [0.2, 0.25) is 0 Å². The lowest BCUT2D eigenvalue weighted by atomic mass is 10.3. The van der Waals surface area contributed by atoms with Crippen LogP contribution in [0.1, 0.15) is 19.8 Å². The van der Waals surface area contributed by atoms with Gasteiger partial charge in [-0.05, 0) is 57.1 Å². The molecule has 0 bridgehead atoms. The highest BCUT2D eigenvalue weighted by Gasteiger charge is 2.20. The number of benzene rings is 1. The van der Waals surface area contributed by atoms with Crippen LogP contribution in [0.4, 0.5) is 4.39 Å². The van der Waals surface area contributed by atoms with E-state index in [4.69, 9.17) is 0 Å². The molecular formula is C13H19FN2O2S. The molecule has 0 radical (unpaired) electrons. The van der Waals surface area contributed by atoms with E-state index in [9.17, 15) is 12.8 Å². The Balaban J connectivity index is 1.95. The summed E-state index contributed by atoms with van der Waals surface area (Å²) < 4.78 is 39.4. The molecule has 1 aliphatic rings. The summed E-state index contributed by atoms with van der Waals surface area (Å²) in [6.07, 6.45) is 2.35. The van der Waals surface area contributed by atoms with Gasteiger partial charge >= 0.3 is 0 Å². The van der Waals surface area contributed by atoms with Crippen molar-refractivity contribution in [3.8, 4) is 0 Å². The van der Waals surface area contributed by atoms with Crippen molar-refractivity contribution >= 4 is 10.0 Å². The zero-order chi connectivity index (χ0) is 13.9. The first-order valence-corrected chi connectivity index (χ1v) is 7.96. The maximum atomic E-state index is 12.8. The smallest absolute Gasteiger partial charge is 0.240 e. The summed E-state index contributed by atoms with van der Waals surface area (Å²) in [6, 6.07) is 5.03. The molecule has 6 heteroatoms. The molecule has 1 fully saturated rings. The molecule has 4 nitrogen and oxygen atoms in total. The summed E-state index contributed by atoms with van der Waals surface area (Å²) in [7, 11) is -3.54. The third-order valence-corrected chi connectivity index (χ3v) is 4.90. The molecule has 0 spiro atoms. The average molecular weight is 286 g/mol. The lowest BCUT2D eigenvalue weighted by Gasteiger charge is -2.23. The Morgan fingerprint density at radius 1 is 1.26 bits per heavy atom. The van der Waals surface area contributed by atoms with E-state index in [0.29, 0.717) is 6.54 Å². The topological polar surface area (TPSA) is 49.4 Å². The predicted molar refractivity (Wildman–Crippen MR) is 71.9 cm³/mol. The van der Waals surface area contributed by atoms with E-state index >= 15 is 0 Å². The second-order valence-corrected chi connectivity index (χ2v) is 6.66. The quantitative estimate of drug-likeness (QED) is 0.894. The standard InChI is InChI=1S/C13H19FN2O2S/c1-11(16-8-2-3-9-16)10-15-19(17,18)13-6-4-12(14)5-7-13/h4-7,11,15H,2-3,8-10H2,1H3. The van der Waals surface area contributed by atoms with E-state index in [0.717, 1.165) is 25.2 Å². The number of hydrogen-bond acceptors (Lipinski definition) is 3. The maximum Gasteiger partial charge on any atom is 0.240 e. The molecule has 1 aromatic carbocycles. The molecule has 19 heavy (non-hydrogen) atoms. The Bertz CT molecular complexity index is 510. The Kier molecular flexibility index (Phi) is 4.54. The molecule has 2 rings (SSSR count). The van der Waals surface area contributed by atoms with E-state index < -0.39 is 15.8 Å². The number of likely N-dealkylation sites (tertiary alicyclic amines) is 1. The van der Waals surface area contributed by atoms with E-state index in [1.165, 1.54) is 25.0 Å². The minimum atomic E-state index is -3.54. The fourth-order valence-corrected chi connectivity index (χ4v) is 3.36. The minimum Gasteiger partial charge on any atom is -0.299 e. The molecular weight excluding hydrogens is 267 g/mol. The molecule has 1 saturated heterocycles. The fraction of sp³-hybridized carbons (Fsp3) is 0.538. The number of halogens is 1. The minimum absolute atomic E-state index is 0.0996. The highest BCUT2D eigenvalue weighted by atomic mass is 32.2. The highest BCUT2D eigenvalue weighted by molar-refractivity contribution is 7.89. The first-order chi connectivity index (χ1) is 8.99. The Labute approximate surface area is 113 Å². The van der Waals surface area contributed by atoms with Gasteiger partial charge in [0, 0.05) is 12.6 Å². The molecule has 106 valence electrons. The fourth-order valence-electron chi connectivity index (χ4n) is 2.24. The van der Waals surface area contributed by atoms with Crippen LogP contribution in [-0.2, 0) is 10.0 Å². The normalized spacial score (nSPS) is 18.6. The van der Waals surface area contributed by atoms with Gasteiger partial charge in [0.2, 0.25) is 10.0 Å². The van der Waals surface area contributed by atoms with Crippen LogP contribution in [0.15, 0.2) is 29.2 Å². The third-order valence-electron chi connectivity index (χ3n) is 3.46. The van der Waals surface area contributed by atoms with Crippen molar-refractivity contribution in [2.24, 2.45) is 0 Å². The summed E-state index contributed by atoms with van der Waals surface area (Å²) in [4.78, 5) is 2.37. The van der Waals surface area contributed by atoms with Gasteiger partial charge in [0.05, 0.1) is 4.90 Å². The monoisotopic (exact) mass is 286 g/mol. The highest BCUT2D eigenvalue weighted by Crippen LogP contribution is 2.13. The number of rotatable bonds is 5. The number of nitrogens with zero attached hydrogens (tertiary/aromatic N) is 1. The Morgan fingerprint density at radius 2 is 1.84 bits per heavy atom. The molecule has 0 aromatic heterocycles. The van der Waals surface area contributed by atoms with E-state index in [1.54, 1.807) is 0 Å². The van der Waals surface area contributed by atoms with Crippen LogP contribution in [0.3, 0.4) is 0 Å². The van der Waals surface area contributed by atoms with Gasteiger partial charge in [0.1, 0.15) is 5.82 Å². The summed E-state index contributed by atoms with van der Waals surface area (Å²) >= 11 is 0. The molecule has 0 aliphatic carbocycles. The maximum absolute atomic E-state index is 12.8. The van der Waals surface area contributed by atoms with Crippen molar-refractivity contribution in [2.75, 3.05) is 19.6 Å². The number of nitrogens with one attached hydrogen (secondary N) is 1. The SMILES string of the molecule is CC(CNS(=O)(=O)c1ccc(F)cc1)N1CCCC1. The van der Waals surface area contributed by atoms with Gasteiger partial charge in [-0.3, -0.25) is 4.90 Å². The van der Waals surface area contributed by atoms with Crippen molar-refractivity contribution < 1.29 is 12.8 Å². The van der Waals surface area contributed by atoms with Gasteiger partial charge in [-0.1, -0.05) is 0 Å². The van der Waals surface area contributed by atoms with Crippen LogP contribution in [0.5, 0.6) is 0 Å². The number of sulfonamides is 1. The Hall–Kier alpha value is -0.980. The van der Waals surface area contributed by atoms with Crippen LogP contribution in [0.25, 0.3) is 0 Å². The lowest BCUT2D eigenvalue weighted by Crippen LogP contribution is -2.40. The second-order valence-electron chi connectivity index (χ2n) is 4.90. The van der Waals surface area contributed by atoms with Gasteiger partial charge in [-0.25, -0.2) is 17.5 Å². The molecule has 0 amide bonds. The summed E-state index contributed by atoms with van der Waals surface area (Å²) in [5.74, 6) is -0.440. The van der Waals surface area contributed by atoms with Crippen molar-refractivity contribution in [1.29, 1.82) is 0 Å². The van der Waals surface area contributed by atoms with Gasteiger partial charge in [0.15, 0.2) is 0 Å². The van der Waals surface area contributed by atoms with E-state index in [1.807, 2.05) is 6.92 Å². The molecule has 0 saturated carbocycles. The summed E-state index contributed by atoms with van der Waals surface area (Å²) in [5, 5.41) is 0. The van der Waals surface area contributed by atoms with Crippen LogP contribution >= 0.6 is 0 Å². The molecule has 1 N–H and O–H groups in total. The molecule has 1 aromatic rings. The second kappa shape index (κ2) is 5.98. The van der Waals surface area contributed by atoms with Gasteiger partial charge < -0.3 is 0 Å². The molecule has 1 atom stereocenters. The van der Waals surface area contributed by atoms with Crippen molar-refractivity contribution in [1.82, 2.24) is 9.62 Å². The van der Waals surface area contributed by atoms with Crippen LogP contribution in [0, 0.1) is 5.82 Å². The van der Waals surface area contributed by atoms with Crippen molar-refractivity contribution in [3.05, 3.63) is 30.1 Å².